The number of aliphatic carboxylic acids is 1. The van der Waals surface area contributed by atoms with Crippen LogP contribution in [0.1, 0.15) is 6.42 Å². The SMILES string of the molecule is Cl.N[C@H]1CCOC[C@H]1C(=O)O. The first-order chi connectivity index (χ1) is 4.72. The van der Waals surface area contributed by atoms with Crippen molar-refractivity contribution in [2.24, 2.45) is 11.7 Å². The van der Waals surface area contributed by atoms with Crippen LogP contribution in [-0.2, 0) is 9.53 Å². The quantitative estimate of drug-likeness (QED) is 0.591. The zero-order valence-electron chi connectivity index (χ0n) is 6.03. The Kier molecular flexibility index (Phi) is 4.40. The van der Waals surface area contributed by atoms with E-state index in [0.717, 1.165) is 0 Å². The Balaban J connectivity index is 0.000001000. The fraction of sp³-hybridized carbons (Fsp3) is 0.833. The van der Waals surface area contributed by atoms with E-state index >= 15 is 0 Å². The lowest BCUT2D eigenvalue weighted by atomic mass is 9.97. The maximum atomic E-state index is 10.4. The van der Waals surface area contributed by atoms with Crippen LogP contribution in [0.25, 0.3) is 0 Å². The second kappa shape index (κ2) is 4.54. The summed E-state index contributed by atoms with van der Waals surface area (Å²) in [5.41, 5.74) is 5.52. The van der Waals surface area contributed by atoms with Gasteiger partial charge in [0, 0.05) is 12.6 Å². The number of carboxylic acid groups (broad SMARTS) is 1. The smallest absolute Gasteiger partial charge is 0.310 e. The van der Waals surface area contributed by atoms with Gasteiger partial charge in [0.05, 0.1) is 12.5 Å². The molecule has 1 heterocycles. The third kappa shape index (κ3) is 2.65. The lowest BCUT2D eigenvalue weighted by Crippen LogP contribution is -2.42. The predicted molar refractivity (Wildman–Crippen MR) is 41.8 cm³/mol. The largest absolute Gasteiger partial charge is 0.481 e. The van der Waals surface area contributed by atoms with Crippen molar-refractivity contribution in [2.75, 3.05) is 13.2 Å². The standard InChI is InChI=1S/C6H11NO3.ClH/c7-5-1-2-10-3-4(5)6(8)9;/h4-5H,1-3,7H2,(H,8,9);1H/t4-,5+;/m1./s1. The molecule has 3 N–H and O–H groups in total. The molecule has 2 atom stereocenters. The van der Waals surface area contributed by atoms with E-state index in [1.54, 1.807) is 0 Å². The molecule has 0 saturated carbocycles. The van der Waals surface area contributed by atoms with Gasteiger partial charge in [0.1, 0.15) is 0 Å². The fourth-order valence-electron chi connectivity index (χ4n) is 1.01. The van der Waals surface area contributed by atoms with E-state index in [0.29, 0.717) is 13.0 Å². The molecule has 1 rings (SSSR count). The maximum absolute atomic E-state index is 10.4. The van der Waals surface area contributed by atoms with E-state index in [-0.39, 0.29) is 25.1 Å². The average molecular weight is 182 g/mol. The first-order valence-electron chi connectivity index (χ1n) is 3.28. The summed E-state index contributed by atoms with van der Waals surface area (Å²) in [5, 5.41) is 8.55. The highest BCUT2D eigenvalue weighted by molar-refractivity contribution is 5.85. The highest BCUT2D eigenvalue weighted by atomic mass is 35.5. The molecule has 1 aliphatic heterocycles. The van der Waals surface area contributed by atoms with Crippen LogP contribution in [0, 0.1) is 5.92 Å². The minimum absolute atomic E-state index is 0. The van der Waals surface area contributed by atoms with Gasteiger partial charge in [-0.3, -0.25) is 4.79 Å². The van der Waals surface area contributed by atoms with Crippen LogP contribution in [0.5, 0.6) is 0 Å². The molecule has 1 saturated heterocycles. The number of nitrogens with two attached hydrogens (primary N) is 1. The minimum atomic E-state index is -0.854. The molecular formula is C6H12ClNO3. The van der Waals surface area contributed by atoms with Crippen LogP contribution >= 0.6 is 12.4 Å². The molecule has 4 nitrogen and oxygen atoms in total. The molecule has 0 radical (unpaired) electrons. The van der Waals surface area contributed by atoms with Crippen LogP contribution in [0.15, 0.2) is 0 Å². The van der Waals surface area contributed by atoms with Crippen LogP contribution in [0.4, 0.5) is 0 Å². The molecule has 1 aliphatic rings. The van der Waals surface area contributed by atoms with E-state index in [2.05, 4.69) is 0 Å². The van der Waals surface area contributed by atoms with Crippen molar-refractivity contribution < 1.29 is 14.6 Å². The molecule has 0 aromatic rings. The topological polar surface area (TPSA) is 72.5 Å². The summed E-state index contributed by atoms with van der Waals surface area (Å²) in [6.45, 7) is 0.849. The third-order valence-corrected chi connectivity index (χ3v) is 1.73. The van der Waals surface area contributed by atoms with Crippen molar-refractivity contribution in [3.63, 3.8) is 0 Å². The lowest BCUT2D eigenvalue weighted by Gasteiger charge is -2.24. The van der Waals surface area contributed by atoms with Gasteiger partial charge in [-0.1, -0.05) is 0 Å². The Labute approximate surface area is 71.1 Å². The number of hydrogen-bond donors (Lipinski definition) is 2. The zero-order valence-corrected chi connectivity index (χ0v) is 6.84. The zero-order chi connectivity index (χ0) is 7.56. The molecule has 0 amide bonds. The number of rotatable bonds is 1. The second-order valence-electron chi connectivity index (χ2n) is 2.47. The van der Waals surface area contributed by atoms with E-state index in [1.165, 1.54) is 0 Å². The normalized spacial score (nSPS) is 30.6. The molecule has 0 spiro atoms. The number of carbonyl (C=O) groups is 1. The van der Waals surface area contributed by atoms with Gasteiger partial charge in [-0.2, -0.15) is 0 Å². The van der Waals surface area contributed by atoms with Crippen LogP contribution in [-0.4, -0.2) is 30.3 Å². The lowest BCUT2D eigenvalue weighted by molar-refractivity contribution is -0.146. The molecule has 0 aromatic carbocycles. The summed E-state index contributed by atoms with van der Waals surface area (Å²) in [7, 11) is 0. The summed E-state index contributed by atoms with van der Waals surface area (Å²) in [4.78, 5) is 10.4. The Bertz CT molecular complexity index is 142. The van der Waals surface area contributed by atoms with Crippen molar-refractivity contribution in [2.45, 2.75) is 12.5 Å². The van der Waals surface area contributed by atoms with Gasteiger partial charge in [0.15, 0.2) is 0 Å². The van der Waals surface area contributed by atoms with Crippen molar-refractivity contribution in [1.29, 1.82) is 0 Å². The molecule has 11 heavy (non-hydrogen) atoms. The molecule has 0 aliphatic carbocycles. The summed E-state index contributed by atoms with van der Waals surface area (Å²) >= 11 is 0. The molecule has 5 heteroatoms. The Morgan fingerprint density at radius 1 is 1.64 bits per heavy atom. The molecule has 0 unspecified atom stereocenters. The van der Waals surface area contributed by atoms with Gasteiger partial charge in [-0.25, -0.2) is 0 Å². The second-order valence-corrected chi connectivity index (χ2v) is 2.47. The average Bonchev–Trinajstić information content (AvgIpc) is 1.88. The first-order valence-corrected chi connectivity index (χ1v) is 3.28. The van der Waals surface area contributed by atoms with Crippen molar-refractivity contribution >= 4 is 18.4 Å². The highest BCUT2D eigenvalue weighted by Crippen LogP contribution is 2.12. The number of ether oxygens (including phenoxy) is 1. The van der Waals surface area contributed by atoms with Gasteiger partial charge in [0.25, 0.3) is 0 Å². The summed E-state index contributed by atoms with van der Waals surface area (Å²) in [6, 6.07) is -0.230. The van der Waals surface area contributed by atoms with Crippen molar-refractivity contribution in [3.8, 4) is 0 Å². The van der Waals surface area contributed by atoms with E-state index < -0.39 is 11.9 Å². The van der Waals surface area contributed by atoms with E-state index in [1.807, 2.05) is 0 Å². The van der Waals surface area contributed by atoms with Gasteiger partial charge in [0.2, 0.25) is 0 Å². The van der Waals surface area contributed by atoms with Crippen LogP contribution in [0.2, 0.25) is 0 Å². The van der Waals surface area contributed by atoms with Gasteiger partial charge >= 0.3 is 5.97 Å². The number of halogens is 1. The molecule has 1 fully saturated rings. The number of hydrogen-bond acceptors (Lipinski definition) is 3. The van der Waals surface area contributed by atoms with Crippen LogP contribution < -0.4 is 5.73 Å². The first kappa shape index (κ1) is 10.7. The van der Waals surface area contributed by atoms with E-state index in [4.69, 9.17) is 15.6 Å². The minimum Gasteiger partial charge on any atom is -0.481 e. The van der Waals surface area contributed by atoms with Crippen molar-refractivity contribution in [1.82, 2.24) is 0 Å². The molecule has 66 valence electrons. The Morgan fingerprint density at radius 2 is 2.27 bits per heavy atom. The Hall–Kier alpha value is -0.320. The Morgan fingerprint density at radius 3 is 2.64 bits per heavy atom. The molecular weight excluding hydrogens is 170 g/mol. The molecule has 0 aromatic heterocycles. The van der Waals surface area contributed by atoms with E-state index in [9.17, 15) is 4.79 Å². The third-order valence-electron chi connectivity index (χ3n) is 1.73. The summed E-state index contributed by atoms with van der Waals surface area (Å²) in [5.74, 6) is -1.36. The highest BCUT2D eigenvalue weighted by Gasteiger charge is 2.28. The predicted octanol–water partition coefficient (Wildman–Crippen LogP) is -0.143. The maximum Gasteiger partial charge on any atom is 0.310 e. The number of carboxylic acids is 1. The van der Waals surface area contributed by atoms with Gasteiger partial charge in [-0.15, -0.1) is 12.4 Å². The fourth-order valence-corrected chi connectivity index (χ4v) is 1.01. The van der Waals surface area contributed by atoms with Crippen molar-refractivity contribution in [3.05, 3.63) is 0 Å². The van der Waals surface area contributed by atoms with Gasteiger partial charge in [-0.05, 0) is 6.42 Å². The summed E-state index contributed by atoms with van der Waals surface area (Å²) in [6.07, 6.45) is 0.650. The summed E-state index contributed by atoms with van der Waals surface area (Å²) < 4.78 is 4.95. The van der Waals surface area contributed by atoms with Crippen LogP contribution in [0.3, 0.4) is 0 Å². The molecule has 0 bridgehead atoms. The monoisotopic (exact) mass is 181 g/mol. The van der Waals surface area contributed by atoms with Gasteiger partial charge < -0.3 is 15.6 Å².